The van der Waals surface area contributed by atoms with Crippen molar-refractivity contribution in [2.45, 2.75) is 53.1 Å². The number of hydrogen-bond acceptors (Lipinski definition) is 6. The number of aldehydes is 1. The fourth-order valence-electron chi connectivity index (χ4n) is 3.44. The molecule has 0 aliphatic heterocycles. The lowest BCUT2D eigenvalue weighted by Gasteiger charge is -2.15. The van der Waals surface area contributed by atoms with Crippen molar-refractivity contribution in [2.24, 2.45) is 5.92 Å². The van der Waals surface area contributed by atoms with Crippen molar-refractivity contribution in [1.29, 1.82) is 0 Å². The first-order valence-corrected chi connectivity index (χ1v) is 13.0. The van der Waals surface area contributed by atoms with Crippen molar-refractivity contribution in [2.75, 3.05) is 33.0 Å². The van der Waals surface area contributed by atoms with Gasteiger partial charge < -0.3 is 14.2 Å². The molecular weight excluding hydrogens is 468 g/mol. The van der Waals surface area contributed by atoms with Gasteiger partial charge in [-0.2, -0.15) is 0 Å². The molecule has 0 radical (unpaired) electrons. The maximum absolute atomic E-state index is 12.1. The van der Waals surface area contributed by atoms with Crippen LogP contribution in [0.15, 0.2) is 55.1 Å². The van der Waals surface area contributed by atoms with E-state index in [0.29, 0.717) is 57.0 Å². The minimum absolute atomic E-state index is 0.0707. The van der Waals surface area contributed by atoms with Crippen LogP contribution in [-0.2, 0) is 14.2 Å². The SMILES string of the molecule is C=Cc1ccc(C(=O)CCCOCC)cc1.CCOC(C)COCC(C)CC(=O)c1ccc(C=O)cc1. The molecule has 2 aromatic carbocycles. The third-order valence-electron chi connectivity index (χ3n) is 5.47. The molecule has 2 atom stereocenters. The Kier molecular flexibility index (Phi) is 16.7. The zero-order valence-corrected chi connectivity index (χ0v) is 22.7. The van der Waals surface area contributed by atoms with E-state index in [-0.39, 0.29) is 23.6 Å². The smallest absolute Gasteiger partial charge is 0.163 e. The molecule has 202 valence electrons. The fraction of sp³-hybridized carbons (Fsp3) is 0.452. The van der Waals surface area contributed by atoms with Crippen LogP contribution in [0, 0.1) is 5.92 Å². The Labute approximate surface area is 222 Å². The summed E-state index contributed by atoms with van der Waals surface area (Å²) < 4.78 is 16.1. The van der Waals surface area contributed by atoms with E-state index in [1.807, 2.05) is 52.0 Å². The van der Waals surface area contributed by atoms with Gasteiger partial charge in [-0.3, -0.25) is 14.4 Å². The highest BCUT2D eigenvalue weighted by atomic mass is 16.5. The monoisotopic (exact) mass is 510 g/mol. The Morgan fingerprint density at radius 2 is 1.43 bits per heavy atom. The molecule has 0 spiro atoms. The quantitative estimate of drug-likeness (QED) is 0.138. The molecular formula is C31H42O6. The lowest BCUT2D eigenvalue weighted by molar-refractivity contribution is -0.00980. The summed E-state index contributed by atoms with van der Waals surface area (Å²) in [7, 11) is 0. The van der Waals surface area contributed by atoms with E-state index in [0.717, 1.165) is 23.8 Å². The van der Waals surface area contributed by atoms with E-state index in [4.69, 9.17) is 14.2 Å². The van der Waals surface area contributed by atoms with E-state index in [9.17, 15) is 14.4 Å². The van der Waals surface area contributed by atoms with Gasteiger partial charge in [-0.1, -0.05) is 68.1 Å². The van der Waals surface area contributed by atoms with E-state index >= 15 is 0 Å². The summed E-state index contributed by atoms with van der Waals surface area (Å²) in [5, 5.41) is 0. The van der Waals surface area contributed by atoms with Gasteiger partial charge in [-0.15, -0.1) is 0 Å². The first kappa shape index (κ1) is 32.1. The van der Waals surface area contributed by atoms with Gasteiger partial charge in [0, 0.05) is 56.0 Å². The minimum Gasteiger partial charge on any atom is -0.382 e. The van der Waals surface area contributed by atoms with Crippen LogP contribution in [0.4, 0.5) is 0 Å². The lowest BCUT2D eigenvalue weighted by atomic mass is 10.00. The van der Waals surface area contributed by atoms with Crippen molar-refractivity contribution >= 4 is 23.9 Å². The van der Waals surface area contributed by atoms with Crippen molar-refractivity contribution in [1.82, 2.24) is 0 Å². The van der Waals surface area contributed by atoms with Crippen LogP contribution < -0.4 is 0 Å². The third kappa shape index (κ3) is 13.8. The van der Waals surface area contributed by atoms with Gasteiger partial charge in [0.05, 0.1) is 12.7 Å². The van der Waals surface area contributed by atoms with Gasteiger partial charge in [0.25, 0.3) is 0 Å². The topological polar surface area (TPSA) is 78.9 Å². The summed E-state index contributed by atoms with van der Waals surface area (Å²) in [6.45, 7) is 14.7. The van der Waals surface area contributed by atoms with Gasteiger partial charge in [-0.25, -0.2) is 0 Å². The first-order chi connectivity index (χ1) is 17.8. The molecule has 0 aliphatic rings. The molecule has 0 saturated heterocycles. The van der Waals surface area contributed by atoms with E-state index < -0.39 is 0 Å². The maximum atomic E-state index is 12.1. The molecule has 2 unspecified atom stereocenters. The van der Waals surface area contributed by atoms with Crippen LogP contribution >= 0.6 is 0 Å². The summed E-state index contributed by atoms with van der Waals surface area (Å²) in [6, 6.07) is 14.2. The molecule has 0 aromatic heterocycles. The van der Waals surface area contributed by atoms with Gasteiger partial charge in [0.15, 0.2) is 11.6 Å². The van der Waals surface area contributed by atoms with Crippen LogP contribution in [0.2, 0.25) is 0 Å². The molecule has 0 N–H and O–H groups in total. The highest BCUT2D eigenvalue weighted by molar-refractivity contribution is 5.97. The largest absolute Gasteiger partial charge is 0.382 e. The average Bonchev–Trinajstić information content (AvgIpc) is 2.91. The number of hydrogen-bond donors (Lipinski definition) is 0. The second-order valence-corrected chi connectivity index (χ2v) is 8.83. The molecule has 6 heteroatoms. The highest BCUT2D eigenvalue weighted by Crippen LogP contribution is 2.12. The molecule has 2 aromatic rings. The van der Waals surface area contributed by atoms with Gasteiger partial charge in [-0.05, 0) is 38.7 Å². The second-order valence-electron chi connectivity index (χ2n) is 8.83. The number of Topliss-reactive ketones (excluding diaryl/α,β-unsaturated/α-hetero) is 2. The van der Waals surface area contributed by atoms with E-state index in [2.05, 4.69) is 6.58 Å². The molecule has 0 amide bonds. The summed E-state index contributed by atoms with van der Waals surface area (Å²) in [5.74, 6) is 0.397. The van der Waals surface area contributed by atoms with Crippen molar-refractivity contribution in [3.8, 4) is 0 Å². The summed E-state index contributed by atoms with van der Waals surface area (Å²) >= 11 is 0. The maximum Gasteiger partial charge on any atom is 0.163 e. The Balaban J connectivity index is 0.000000384. The normalized spacial score (nSPS) is 12.1. The van der Waals surface area contributed by atoms with Crippen LogP contribution in [-0.4, -0.2) is 57.0 Å². The van der Waals surface area contributed by atoms with Gasteiger partial charge in [0.1, 0.15) is 6.29 Å². The van der Waals surface area contributed by atoms with E-state index in [1.165, 1.54) is 0 Å². The molecule has 0 aliphatic carbocycles. The van der Waals surface area contributed by atoms with E-state index in [1.54, 1.807) is 30.3 Å². The predicted octanol–water partition coefficient (Wildman–Crippen LogP) is 6.48. The Bertz CT molecular complexity index is 933. The zero-order chi connectivity index (χ0) is 27.5. The molecule has 0 heterocycles. The van der Waals surface area contributed by atoms with Crippen LogP contribution in [0.25, 0.3) is 6.08 Å². The first-order valence-electron chi connectivity index (χ1n) is 13.0. The molecule has 6 nitrogen and oxygen atoms in total. The molecule has 37 heavy (non-hydrogen) atoms. The van der Waals surface area contributed by atoms with Gasteiger partial charge in [0.2, 0.25) is 0 Å². The molecule has 0 saturated carbocycles. The lowest BCUT2D eigenvalue weighted by Crippen LogP contribution is -2.19. The van der Waals surface area contributed by atoms with Crippen LogP contribution in [0.1, 0.15) is 83.6 Å². The number of rotatable bonds is 17. The number of benzene rings is 2. The Hall–Kier alpha value is -2.93. The number of carbonyl (C=O) groups excluding carboxylic acids is 3. The number of ether oxygens (including phenoxy) is 3. The summed E-state index contributed by atoms with van der Waals surface area (Å²) in [6.07, 6.45) is 4.38. The fourth-order valence-corrected chi connectivity index (χ4v) is 3.44. The molecule has 0 bridgehead atoms. The Morgan fingerprint density at radius 1 is 0.838 bits per heavy atom. The predicted molar refractivity (Wildman–Crippen MR) is 148 cm³/mol. The Morgan fingerprint density at radius 3 is 1.97 bits per heavy atom. The van der Waals surface area contributed by atoms with Crippen molar-refractivity contribution in [3.63, 3.8) is 0 Å². The van der Waals surface area contributed by atoms with Crippen LogP contribution in [0.3, 0.4) is 0 Å². The molecule has 0 fully saturated rings. The highest BCUT2D eigenvalue weighted by Gasteiger charge is 2.12. The number of carbonyl (C=O) groups is 3. The van der Waals surface area contributed by atoms with Crippen molar-refractivity contribution in [3.05, 3.63) is 77.4 Å². The van der Waals surface area contributed by atoms with Crippen LogP contribution in [0.5, 0.6) is 0 Å². The molecule has 2 rings (SSSR count). The van der Waals surface area contributed by atoms with Crippen molar-refractivity contribution < 1.29 is 28.6 Å². The third-order valence-corrected chi connectivity index (χ3v) is 5.47. The summed E-state index contributed by atoms with van der Waals surface area (Å²) in [5.41, 5.74) is 3.01. The zero-order valence-electron chi connectivity index (χ0n) is 22.7. The second kappa shape index (κ2) is 19.2. The minimum atomic E-state index is 0.0707. The standard InChI is InChI=1S/C17H24O4.C14H18O2/c1-4-21-14(3)12-20-11-13(2)9-17(19)16-7-5-15(10-18)6-8-16;1-3-12-7-9-13(10-8-12)14(15)6-5-11-16-4-2/h5-8,10,13-14H,4,9,11-12H2,1-3H3;3,7-10H,1,4-6,11H2,2H3. The number of ketones is 2. The average molecular weight is 511 g/mol. The van der Waals surface area contributed by atoms with Gasteiger partial charge >= 0.3 is 0 Å². The summed E-state index contributed by atoms with van der Waals surface area (Å²) in [4.78, 5) is 34.4.